The molecule has 0 radical (unpaired) electrons. The van der Waals surface area contributed by atoms with Crippen LogP contribution in [-0.2, 0) is 0 Å². The van der Waals surface area contributed by atoms with Crippen molar-refractivity contribution in [2.45, 2.75) is 72.0 Å². The lowest BCUT2D eigenvalue weighted by molar-refractivity contribution is 0.0811. The molecular weight excluding hydrogens is 404 g/mol. The Kier molecular flexibility index (Phi) is 6.38. The van der Waals surface area contributed by atoms with Crippen molar-refractivity contribution >= 4 is 21.5 Å². The molecule has 0 spiro atoms. The van der Waals surface area contributed by atoms with E-state index in [2.05, 4.69) is 114 Å². The summed E-state index contributed by atoms with van der Waals surface area (Å²) in [4.78, 5) is 0. The van der Waals surface area contributed by atoms with Gasteiger partial charge in [-0.15, -0.1) is 0 Å². The Bertz CT molecular complexity index is 1260. The maximum Gasteiger partial charge on any atom is 0.128 e. The average molecular weight is 441 g/mol. The molecule has 33 heavy (non-hydrogen) atoms. The standard InChI is InChI=1S/C31H36O2/c1-7-30(4,5)32-24-20-23-15-11-12-16-25(23)27(21-24)29-26-17-13-10-14-22(26)18-19-28(29)33-31(6,8-2)9-3/h10-21H,7-9H2,1-6H3. The third kappa shape index (κ3) is 4.71. The zero-order chi connectivity index (χ0) is 23.6. The molecule has 0 amide bonds. The predicted molar refractivity (Wildman–Crippen MR) is 142 cm³/mol. The van der Waals surface area contributed by atoms with Crippen LogP contribution < -0.4 is 9.47 Å². The first-order valence-corrected chi connectivity index (χ1v) is 12.2. The third-order valence-electron chi connectivity index (χ3n) is 7.09. The molecule has 2 nitrogen and oxygen atoms in total. The van der Waals surface area contributed by atoms with Gasteiger partial charge < -0.3 is 9.47 Å². The quantitative estimate of drug-likeness (QED) is 0.272. The molecule has 0 aliphatic rings. The molecule has 0 aromatic heterocycles. The van der Waals surface area contributed by atoms with Gasteiger partial charge in [0.15, 0.2) is 0 Å². The van der Waals surface area contributed by atoms with Crippen molar-refractivity contribution in [3.8, 4) is 22.6 Å². The summed E-state index contributed by atoms with van der Waals surface area (Å²) in [5, 5.41) is 4.78. The Morgan fingerprint density at radius 3 is 1.94 bits per heavy atom. The molecular formula is C31H36O2. The number of rotatable bonds is 8. The van der Waals surface area contributed by atoms with Gasteiger partial charge in [0.05, 0.1) is 0 Å². The van der Waals surface area contributed by atoms with Crippen LogP contribution in [-0.4, -0.2) is 11.2 Å². The minimum absolute atomic E-state index is 0.217. The van der Waals surface area contributed by atoms with Gasteiger partial charge in [-0.2, -0.15) is 0 Å². The van der Waals surface area contributed by atoms with Gasteiger partial charge in [0, 0.05) is 5.56 Å². The summed E-state index contributed by atoms with van der Waals surface area (Å²) in [7, 11) is 0. The second kappa shape index (κ2) is 9.09. The number of fused-ring (bicyclic) bond motifs is 2. The van der Waals surface area contributed by atoms with Crippen LogP contribution in [0.3, 0.4) is 0 Å². The Morgan fingerprint density at radius 1 is 0.636 bits per heavy atom. The largest absolute Gasteiger partial charge is 0.488 e. The van der Waals surface area contributed by atoms with Crippen molar-refractivity contribution < 1.29 is 9.47 Å². The molecule has 0 atom stereocenters. The molecule has 0 fully saturated rings. The zero-order valence-corrected chi connectivity index (χ0v) is 20.9. The lowest BCUT2D eigenvalue weighted by Crippen LogP contribution is -2.30. The molecule has 0 saturated carbocycles. The molecule has 0 heterocycles. The number of hydrogen-bond donors (Lipinski definition) is 0. The van der Waals surface area contributed by atoms with E-state index in [1.54, 1.807) is 0 Å². The molecule has 0 aliphatic carbocycles. The highest BCUT2D eigenvalue weighted by Gasteiger charge is 2.25. The molecule has 0 unspecified atom stereocenters. The molecule has 0 aliphatic heterocycles. The van der Waals surface area contributed by atoms with Crippen molar-refractivity contribution in [2.75, 3.05) is 0 Å². The van der Waals surface area contributed by atoms with Crippen LogP contribution in [0.15, 0.2) is 72.8 Å². The van der Waals surface area contributed by atoms with Crippen LogP contribution in [0.1, 0.15) is 60.8 Å². The van der Waals surface area contributed by atoms with Gasteiger partial charge in [-0.05, 0) is 85.3 Å². The number of benzene rings is 4. The van der Waals surface area contributed by atoms with E-state index in [-0.39, 0.29) is 11.2 Å². The van der Waals surface area contributed by atoms with E-state index < -0.39 is 0 Å². The molecule has 0 N–H and O–H groups in total. The highest BCUT2D eigenvalue weighted by Crippen LogP contribution is 2.44. The van der Waals surface area contributed by atoms with E-state index >= 15 is 0 Å². The van der Waals surface area contributed by atoms with Crippen LogP contribution in [0.25, 0.3) is 32.7 Å². The second-order valence-corrected chi connectivity index (χ2v) is 9.83. The molecule has 0 bridgehead atoms. The molecule has 4 rings (SSSR count). The Morgan fingerprint density at radius 2 is 1.27 bits per heavy atom. The monoisotopic (exact) mass is 440 g/mol. The maximum absolute atomic E-state index is 6.76. The van der Waals surface area contributed by atoms with Crippen LogP contribution >= 0.6 is 0 Å². The fraction of sp³-hybridized carbons (Fsp3) is 0.355. The Labute approximate surface area is 198 Å². The normalized spacial score (nSPS) is 12.3. The summed E-state index contributed by atoms with van der Waals surface area (Å²) < 4.78 is 13.2. The van der Waals surface area contributed by atoms with E-state index in [4.69, 9.17) is 9.47 Å². The minimum atomic E-state index is -0.235. The third-order valence-corrected chi connectivity index (χ3v) is 7.09. The average Bonchev–Trinajstić information content (AvgIpc) is 2.83. The van der Waals surface area contributed by atoms with Crippen LogP contribution in [0.5, 0.6) is 11.5 Å². The van der Waals surface area contributed by atoms with Gasteiger partial charge in [-0.1, -0.05) is 75.4 Å². The van der Waals surface area contributed by atoms with E-state index in [0.717, 1.165) is 41.9 Å². The van der Waals surface area contributed by atoms with Gasteiger partial charge >= 0.3 is 0 Å². The van der Waals surface area contributed by atoms with Gasteiger partial charge in [-0.3, -0.25) is 0 Å². The highest BCUT2D eigenvalue weighted by molar-refractivity contribution is 6.08. The van der Waals surface area contributed by atoms with E-state index in [9.17, 15) is 0 Å². The Balaban J connectivity index is 2.03. The van der Waals surface area contributed by atoms with Crippen LogP contribution in [0.2, 0.25) is 0 Å². The lowest BCUT2D eigenvalue weighted by atomic mass is 9.92. The van der Waals surface area contributed by atoms with Crippen molar-refractivity contribution in [3.05, 3.63) is 72.8 Å². The van der Waals surface area contributed by atoms with Crippen molar-refractivity contribution in [2.24, 2.45) is 0 Å². The van der Waals surface area contributed by atoms with Crippen LogP contribution in [0, 0.1) is 0 Å². The maximum atomic E-state index is 6.76. The highest BCUT2D eigenvalue weighted by atomic mass is 16.5. The SMILES string of the molecule is CCC(C)(C)Oc1cc(-c2c(OC(C)(CC)CC)ccc3ccccc23)c2ccccc2c1. The summed E-state index contributed by atoms with van der Waals surface area (Å²) in [5.74, 6) is 1.82. The first kappa shape index (κ1) is 23.2. The minimum Gasteiger partial charge on any atom is -0.488 e. The van der Waals surface area contributed by atoms with Gasteiger partial charge in [0.2, 0.25) is 0 Å². The summed E-state index contributed by atoms with van der Waals surface area (Å²) >= 11 is 0. The molecule has 172 valence electrons. The molecule has 0 saturated heterocycles. The topological polar surface area (TPSA) is 18.5 Å². The van der Waals surface area contributed by atoms with E-state index in [1.807, 2.05) is 0 Å². The van der Waals surface area contributed by atoms with Gasteiger partial charge in [0.25, 0.3) is 0 Å². The molecule has 4 aromatic carbocycles. The first-order valence-electron chi connectivity index (χ1n) is 12.2. The smallest absolute Gasteiger partial charge is 0.128 e. The van der Waals surface area contributed by atoms with E-state index in [1.165, 1.54) is 21.5 Å². The van der Waals surface area contributed by atoms with Crippen molar-refractivity contribution in [3.63, 3.8) is 0 Å². The molecule has 2 heteroatoms. The zero-order valence-electron chi connectivity index (χ0n) is 20.9. The number of ether oxygens (including phenoxy) is 2. The second-order valence-electron chi connectivity index (χ2n) is 9.83. The lowest BCUT2D eigenvalue weighted by Gasteiger charge is -2.30. The summed E-state index contributed by atoms with van der Waals surface area (Å²) in [5.41, 5.74) is 1.83. The summed E-state index contributed by atoms with van der Waals surface area (Å²) in [6.07, 6.45) is 2.83. The Hall–Kier alpha value is -3.00. The fourth-order valence-electron chi connectivity index (χ4n) is 4.21. The first-order chi connectivity index (χ1) is 15.8. The van der Waals surface area contributed by atoms with E-state index in [0.29, 0.717) is 0 Å². The van der Waals surface area contributed by atoms with Gasteiger partial charge in [0.1, 0.15) is 22.7 Å². The fourth-order valence-corrected chi connectivity index (χ4v) is 4.21. The number of hydrogen-bond acceptors (Lipinski definition) is 2. The summed E-state index contributed by atoms with van der Waals surface area (Å²) in [6, 6.07) is 25.8. The summed E-state index contributed by atoms with van der Waals surface area (Å²) in [6.45, 7) is 13.0. The van der Waals surface area contributed by atoms with Crippen LogP contribution in [0.4, 0.5) is 0 Å². The predicted octanol–water partition coefficient (Wildman–Crippen LogP) is 9.18. The van der Waals surface area contributed by atoms with Gasteiger partial charge in [-0.25, -0.2) is 0 Å². The van der Waals surface area contributed by atoms with Crippen molar-refractivity contribution in [1.29, 1.82) is 0 Å². The van der Waals surface area contributed by atoms with Crippen molar-refractivity contribution in [1.82, 2.24) is 0 Å². The molecule has 4 aromatic rings.